The number of benzene rings is 4. The average Bonchev–Trinajstić information content (AvgIpc) is 2.95. The van der Waals surface area contributed by atoms with E-state index in [1.54, 1.807) is 30.3 Å². The van der Waals surface area contributed by atoms with E-state index in [0.717, 1.165) is 22.3 Å². The number of carbonyl (C=O) groups is 1. The Hall–Kier alpha value is -4.64. The number of ether oxygens (including phenoxy) is 4. The topological polar surface area (TPSA) is 104 Å². The lowest BCUT2D eigenvalue weighted by atomic mass is 9.83. The van der Waals surface area contributed by atoms with Crippen LogP contribution in [0.4, 0.5) is 0 Å². The molecule has 1 unspecified atom stereocenters. The number of nitrogens with two attached hydrogens (primary N) is 1. The van der Waals surface area contributed by atoms with E-state index in [-0.39, 0.29) is 30.4 Å². The second kappa shape index (κ2) is 12.5. The van der Waals surface area contributed by atoms with Crippen LogP contribution in [0.3, 0.4) is 0 Å². The van der Waals surface area contributed by atoms with Gasteiger partial charge in [-0.25, -0.2) is 4.79 Å². The van der Waals surface area contributed by atoms with Crippen molar-refractivity contribution in [2.24, 2.45) is 5.73 Å². The average molecular weight is 601 g/mol. The van der Waals surface area contributed by atoms with E-state index in [1.165, 1.54) is 0 Å². The fraction of sp³-hybridized carbons (Fsp3) is 0.152. The van der Waals surface area contributed by atoms with E-state index in [0.29, 0.717) is 32.9 Å². The SMILES string of the molecule is Cc1cc(C)cc(OCC(=O)Oc2ccc3c(c2)OC(N)=C(C#N)C3c2ccc(OCc3ccc(Cl)cc3Cl)cc2)c1. The summed E-state index contributed by atoms with van der Waals surface area (Å²) < 4.78 is 22.8. The number of esters is 1. The highest BCUT2D eigenvalue weighted by molar-refractivity contribution is 6.35. The molecule has 0 aliphatic carbocycles. The van der Waals surface area contributed by atoms with Crippen LogP contribution < -0.4 is 24.7 Å². The van der Waals surface area contributed by atoms with Crippen molar-refractivity contribution in [2.45, 2.75) is 26.4 Å². The van der Waals surface area contributed by atoms with Crippen LogP contribution in [0, 0.1) is 25.2 Å². The summed E-state index contributed by atoms with van der Waals surface area (Å²) in [7, 11) is 0. The third-order valence-electron chi connectivity index (χ3n) is 6.60. The first-order valence-corrected chi connectivity index (χ1v) is 13.8. The number of aryl methyl sites for hydroxylation is 2. The Balaban J connectivity index is 1.30. The minimum atomic E-state index is -0.571. The molecular weight excluding hydrogens is 575 g/mol. The Bertz CT molecular complexity index is 1710. The number of rotatable bonds is 8. The lowest BCUT2D eigenvalue weighted by Gasteiger charge is -2.26. The standard InChI is InChI=1S/C33H26Cl2N2O5/c1-19-11-20(2)13-26(12-19)40-18-31(38)41-25-9-10-27-30(15-25)42-33(37)28(16-36)32(27)21-4-7-24(8-5-21)39-17-22-3-6-23(34)14-29(22)35/h3-15,32H,17-18,37H2,1-2H3. The molecule has 1 atom stereocenters. The number of nitriles is 1. The van der Waals surface area contributed by atoms with E-state index in [2.05, 4.69) is 6.07 Å². The molecule has 42 heavy (non-hydrogen) atoms. The Morgan fingerprint density at radius 1 is 0.905 bits per heavy atom. The molecule has 0 amide bonds. The van der Waals surface area contributed by atoms with Crippen molar-refractivity contribution in [2.75, 3.05) is 6.61 Å². The zero-order valence-corrected chi connectivity index (χ0v) is 24.3. The van der Waals surface area contributed by atoms with Gasteiger partial charge in [-0.05, 0) is 73.0 Å². The van der Waals surface area contributed by atoms with Gasteiger partial charge in [0.05, 0.1) is 5.92 Å². The van der Waals surface area contributed by atoms with Gasteiger partial charge in [0, 0.05) is 27.2 Å². The van der Waals surface area contributed by atoms with Gasteiger partial charge in [-0.15, -0.1) is 0 Å². The Kier molecular flexibility index (Phi) is 8.58. The third-order valence-corrected chi connectivity index (χ3v) is 7.18. The molecule has 7 nitrogen and oxygen atoms in total. The first-order chi connectivity index (χ1) is 20.2. The highest BCUT2D eigenvalue weighted by atomic mass is 35.5. The summed E-state index contributed by atoms with van der Waals surface area (Å²) in [6, 6.07) is 25.4. The third kappa shape index (κ3) is 6.63. The molecule has 0 saturated carbocycles. The summed E-state index contributed by atoms with van der Waals surface area (Å²) in [6.45, 7) is 3.92. The van der Waals surface area contributed by atoms with Crippen molar-refractivity contribution >= 4 is 29.2 Å². The van der Waals surface area contributed by atoms with E-state index < -0.39 is 11.9 Å². The molecule has 5 rings (SSSR count). The number of halogens is 2. The van der Waals surface area contributed by atoms with Crippen molar-refractivity contribution in [3.05, 3.63) is 128 Å². The van der Waals surface area contributed by atoms with Gasteiger partial charge in [0.1, 0.15) is 41.2 Å². The van der Waals surface area contributed by atoms with Crippen molar-refractivity contribution < 1.29 is 23.7 Å². The first kappa shape index (κ1) is 28.9. The predicted molar refractivity (Wildman–Crippen MR) is 160 cm³/mol. The van der Waals surface area contributed by atoms with Gasteiger partial charge in [-0.2, -0.15) is 5.26 Å². The quantitative estimate of drug-likeness (QED) is 0.166. The molecule has 0 bridgehead atoms. The predicted octanol–water partition coefficient (Wildman–Crippen LogP) is 7.39. The van der Waals surface area contributed by atoms with Crippen LogP contribution in [0.1, 0.15) is 33.7 Å². The highest BCUT2D eigenvalue weighted by Gasteiger charge is 2.31. The first-order valence-electron chi connectivity index (χ1n) is 13.0. The number of carbonyl (C=O) groups excluding carboxylic acids is 1. The molecule has 0 radical (unpaired) electrons. The fourth-order valence-electron chi connectivity index (χ4n) is 4.72. The summed E-state index contributed by atoms with van der Waals surface area (Å²) in [5, 5.41) is 11.0. The van der Waals surface area contributed by atoms with Crippen LogP contribution in [-0.2, 0) is 11.4 Å². The molecule has 1 aliphatic heterocycles. The maximum absolute atomic E-state index is 12.5. The summed E-state index contributed by atoms with van der Waals surface area (Å²) in [4.78, 5) is 12.5. The molecule has 1 heterocycles. The number of hydrogen-bond acceptors (Lipinski definition) is 7. The summed E-state index contributed by atoms with van der Waals surface area (Å²) in [6.07, 6.45) is 0. The molecule has 1 aliphatic rings. The van der Waals surface area contributed by atoms with Crippen LogP contribution in [0.15, 0.2) is 90.3 Å². The van der Waals surface area contributed by atoms with Gasteiger partial charge in [0.15, 0.2) is 6.61 Å². The number of fused-ring (bicyclic) bond motifs is 1. The molecule has 0 fully saturated rings. The molecule has 0 spiro atoms. The second-order valence-electron chi connectivity index (χ2n) is 9.80. The van der Waals surface area contributed by atoms with E-state index in [4.69, 9.17) is 47.9 Å². The highest BCUT2D eigenvalue weighted by Crippen LogP contribution is 2.43. The van der Waals surface area contributed by atoms with Gasteiger partial charge < -0.3 is 24.7 Å². The number of nitrogens with zero attached hydrogens (tertiary/aromatic N) is 1. The van der Waals surface area contributed by atoms with Gasteiger partial charge >= 0.3 is 5.97 Å². The maximum atomic E-state index is 12.5. The minimum Gasteiger partial charge on any atom is -0.489 e. The minimum absolute atomic E-state index is 0.0191. The molecule has 212 valence electrons. The molecule has 0 saturated heterocycles. The summed E-state index contributed by atoms with van der Waals surface area (Å²) >= 11 is 12.2. The Labute approximate surface area is 253 Å². The smallest absolute Gasteiger partial charge is 0.349 e. The fourth-order valence-corrected chi connectivity index (χ4v) is 5.18. The zero-order chi connectivity index (χ0) is 29.8. The van der Waals surface area contributed by atoms with Crippen molar-refractivity contribution in [3.63, 3.8) is 0 Å². The largest absolute Gasteiger partial charge is 0.489 e. The van der Waals surface area contributed by atoms with E-state index >= 15 is 0 Å². The van der Waals surface area contributed by atoms with Crippen LogP contribution in [0.25, 0.3) is 0 Å². The van der Waals surface area contributed by atoms with Crippen molar-refractivity contribution in [1.82, 2.24) is 0 Å². The lowest BCUT2D eigenvalue weighted by molar-refractivity contribution is -0.136. The molecule has 4 aromatic rings. The zero-order valence-electron chi connectivity index (χ0n) is 22.8. The second-order valence-corrected chi connectivity index (χ2v) is 10.6. The van der Waals surface area contributed by atoms with E-state index in [1.807, 2.05) is 62.4 Å². The van der Waals surface area contributed by atoms with Gasteiger partial charge in [-0.1, -0.05) is 53.5 Å². The lowest BCUT2D eigenvalue weighted by Crippen LogP contribution is -2.21. The number of allylic oxidation sites excluding steroid dienone is 1. The Morgan fingerprint density at radius 3 is 2.31 bits per heavy atom. The summed E-state index contributed by atoms with van der Waals surface area (Å²) in [5.41, 5.74) is 10.8. The van der Waals surface area contributed by atoms with Gasteiger partial charge in [0.25, 0.3) is 0 Å². The van der Waals surface area contributed by atoms with E-state index in [9.17, 15) is 10.1 Å². The maximum Gasteiger partial charge on any atom is 0.349 e. The monoisotopic (exact) mass is 600 g/mol. The van der Waals surface area contributed by atoms with Crippen molar-refractivity contribution in [3.8, 4) is 29.1 Å². The molecule has 4 aromatic carbocycles. The molecule has 0 aromatic heterocycles. The Morgan fingerprint density at radius 2 is 1.62 bits per heavy atom. The molecular formula is C33H26Cl2N2O5. The summed E-state index contributed by atoms with van der Waals surface area (Å²) in [5.74, 6) is 0.781. The number of hydrogen-bond donors (Lipinski definition) is 1. The van der Waals surface area contributed by atoms with Crippen LogP contribution in [-0.4, -0.2) is 12.6 Å². The van der Waals surface area contributed by atoms with Gasteiger partial charge in [-0.3, -0.25) is 0 Å². The molecule has 9 heteroatoms. The van der Waals surface area contributed by atoms with Crippen molar-refractivity contribution in [1.29, 1.82) is 5.26 Å². The normalized spacial score (nSPS) is 13.9. The van der Waals surface area contributed by atoms with Crippen LogP contribution >= 0.6 is 23.2 Å². The van der Waals surface area contributed by atoms with Crippen LogP contribution in [0.5, 0.6) is 23.0 Å². The van der Waals surface area contributed by atoms with Gasteiger partial charge in [0.2, 0.25) is 5.88 Å². The molecule has 2 N–H and O–H groups in total. The van der Waals surface area contributed by atoms with Crippen LogP contribution in [0.2, 0.25) is 10.0 Å².